The Bertz CT molecular complexity index is 966. The van der Waals surface area contributed by atoms with Gasteiger partial charge in [-0.25, -0.2) is 9.37 Å². The number of hydrogen-bond acceptors (Lipinski definition) is 6. The first-order valence-electron chi connectivity index (χ1n) is 8.62. The van der Waals surface area contributed by atoms with Gasteiger partial charge in [-0.2, -0.15) is 18.2 Å². The summed E-state index contributed by atoms with van der Waals surface area (Å²) < 4.78 is 59.9. The first kappa shape index (κ1) is 20.5. The summed E-state index contributed by atoms with van der Waals surface area (Å²) in [4.78, 5) is 19.2. The maximum absolute atomic E-state index is 13.0. The Labute approximate surface area is 161 Å². The highest BCUT2D eigenvalue weighted by atomic mass is 19.4. The van der Waals surface area contributed by atoms with Crippen molar-refractivity contribution in [1.82, 2.24) is 15.1 Å². The first-order chi connectivity index (χ1) is 13.7. The van der Waals surface area contributed by atoms with E-state index in [0.29, 0.717) is 30.0 Å². The molecule has 1 unspecified atom stereocenters. The molecule has 1 aromatic carbocycles. The number of carbonyl (C=O) groups excluding carboxylic acids is 1. The molecule has 0 saturated heterocycles. The van der Waals surface area contributed by atoms with Crippen molar-refractivity contribution in [3.8, 4) is 11.5 Å². The number of aromatic nitrogens is 3. The lowest BCUT2D eigenvalue weighted by Crippen LogP contribution is -2.24. The van der Waals surface area contributed by atoms with Gasteiger partial charge in [0.25, 0.3) is 0 Å². The third-order valence-corrected chi connectivity index (χ3v) is 4.22. The Hall–Kier alpha value is -3.24. The number of amides is 1. The van der Waals surface area contributed by atoms with Crippen LogP contribution in [0.3, 0.4) is 0 Å². The highest BCUT2D eigenvalue weighted by Gasteiger charge is 2.38. The van der Waals surface area contributed by atoms with Gasteiger partial charge in [-0.3, -0.25) is 4.79 Å². The Morgan fingerprint density at radius 3 is 2.41 bits per heavy atom. The second-order valence-electron chi connectivity index (χ2n) is 6.34. The van der Waals surface area contributed by atoms with E-state index in [2.05, 4.69) is 19.6 Å². The van der Waals surface area contributed by atoms with Gasteiger partial charge in [-0.1, -0.05) is 5.16 Å². The third-order valence-electron chi connectivity index (χ3n) is 4.22. The molecule has 0 aliphatic carbocycles. The van der Waals surface area contributed by atoms with E-state index in [4.69, 9.17) is 10.2 Å². The molecule has 0 radical (unpaired) electrons. The number of benzene rings is 1. The van der Waals surface area contributed by atoms with Crippen LogP contribution in [0.2, 0.25) is 0 Å². The van der Waals surface area contributed by atoms with Gasteiger partial charge in [0.2, 0.25) is 11.8 Å². The van der Waals surface area contributed by atoms with E-state index in [1.807, 2.05) is 0 Å². The monoisotopic (exact) mass is 412 g/mol. The van der Waals surface area contributed by atoms with Gasteiger partial charge in [-0.05, 0) is 43.5 Å². The van der Waals surface area contributed by atoms with Crippen LogP contribution in [0.1, 0.15) is 30.3 Å². The molecule has 0 aliphatic rings. The molecule has 0 saturated carbocycles. The minimum atomic E-state index is -4.72. The van der Waals surface area contributed by atoms with Crippen LogP contribution >= 0.6 is 0 Å². The van der Waals surface area contributed by atoms with E-state index in [1.54, 1.807) is 0 Å². The Kier molecular flexibility index (Phi) is 5.95. The first-order valence-corrected chi connectivity index (χ1v) is 8.62. The second-order valence-corrected chi connectivity index (χ2v) is 6.34. The molecular weight excluding hydrogens is 396 g/mol. The van der Waals surface area contributed by atoms with Gasteiger partial charge in [0.15, 0.2) is 5.82 Å². The number of oxazole rings is 1. The quantitative estimate of drug-likeness (QED) is 0.567. The molecule has 1 amide bonds. The number of nitrogens with two attached hydrogens (primary N) is 1. The highest BCUT2D eigenvalue weighted by Crippen LogP contribution is 2.28. The summed E-state index contributed by atoms with van der Waals surface area (Å²) >= 11 is 0. The van der Waals surface area contributed by atoms with Crippen molar-refractivity contribution in [1.29, 1.82) is 0 Å². The molecule has 154 valence electrons. The fraction of sp³-hybridized carbons (Fsp3) is 0.333. The Morgan fingerprint density at radius 2 is 1.79 bits per heavy atom. The lowest BCUT2D eigenvalue weighted by Gasteiger charge is -2.10. The summed E-state index contributed by atoms with van der Waals surface area (Å²) in [6, 6.07) is 5.61. The van der Waals surface area contributed by atoms with E-state index >= 15 is 0 Å². The van der Waals surface area contributed by atoms with Crippen molar-refractivity contribution < 1.29 is 31.3 Å². The molecule has 2 aromatic heterocycles. The summed E-state index contributed by atoms with van der Waals surface area (Å²) in [5.74, 6) is -2.86. The van der Waals surface area contributed by atoms with Crippen LogP contribution in [0.4, 0.5) is 17.6 Å². The maximum Gasteiger partial charge on any atom is 0.471 e. The normalized spacial score (nSPS) is 12.8. The maximum atomic E-state index is 13.0. The summed E-state index contributed by atoms with van der Waals surface area (Å²) in [6.07, 6.45) is -2.45. The second kappa shape index (κ2) is 8.41. The van der Waals surface area contributed by atoms with Crippen LogP contribution in [-0.4, -0.2) is 21.0 Å². The molecule has 2 heterocycles. The topological polar surface area (TPSA) is 108 Å². The molecule has 3 aromatic rings. The van der Waals surface area contributed by atoms with Gasteiger partial charge < -0.3 is 14.7 Å². The molecule has 11 heteroatoms. The SMILES string of the molecule is NC(=O)C(CCc1coc(-c2ccc(F)cc2)n1)CCc1noc(C(F)(F)F)n1. The van der Waals surface area contributed by atoms with Crippen LogP contribution in [0.15, 0.2) is 39.5 Å². The molecule has 29 heavy (non-hydrogen) atoms. The minimum absolute atomic E-state index is 0.00678. The van der Waals surface area contributed by atoms with E-state index in [0.717, 1.165) is 0 Å². The molecule has 2 N–H and O–H groups in total. The number of rotatable bonds is 8. The van der Waals surface area contributed by atoms with Crippen molar-refractivity contribution in [3.05, 3.63) is 53.8 Å². The van der Waals surface area contributed by atoms with Gasteiger partial charge in [0.1, 0.15) is 12.1 Å². The zero-order chi connectivity index (χ0) is 21.0. The fourth-order valence-corrected chi connectivity index (χ4v) is 2.67. The molecular formula is C18H16F4N4O3. The van der Waals surface area contributed by atoms with Crippen LogP contribution < -0.4 is 5.73 Å². The van der Waals surface area contributed by atoms with Crippen molar-refractivity contribution in [2.45, 2.75) is 31.9 Å². The molecule has 0 fully saturated rings. The molecule has 1 atom stereocenters. The zero-order valence-corrected chi connectivity index (χ0v) is 14.9. The van der Waals surface area contributed by atoms with Crippen LogP contribution in [-0.2, 0) is 23.8 Å². The molecule has 7 nitrogen and oxygen atoms in total. The van der Waals surface area contributed by atoms with Gasteiger partial charge in [0.05, 0.1) is 5.69 Å². The number of alkyl halides is 3. The van der Waals surface area contributed by atoms with Gasteiger partial charge in [0, 0.05) is 17.9 Å². The van der Waals surface area contributed by atoms with Crippen LogP contribution in [0, 0.1) is 11.7 Å². The third kappa shape index (κ3) is 5.39. The Morgan fingerprint density at radius 1 is 1.10 bits per heavy atom. The minimum Gasteiger partial charge on any atom is -0.444 e. The fourth-order valence-electron chi connectivity index (χ4n) is 2.67. The van der Waals surface area contributed by atoms with E-state index in [1.165, 1.54) is 30.5 Å². The number of nitrogens with zero attached hydrogens (tertiary/aromatic N) is 3. The lowest BCUT2D eigenvalue weighted by molar-refractivity contribution is -0.159. The van der Waals surface area contributed by atoms with Crippen LogP contribution in [0.25, 0.3) is 11.5 Å². The largest absolute Gasteiger partial charge is 0.471 e. The molecule has 0 bridgehead atoms. The number of hydrogen-bond donors (Lipinski definition) is 1. The summed E-state index contributed by atoms with van der Waals surface area (Å²) in [6.45, 7) is 0. The standard InChI is InChI=1S/C18H16F4N4O3/c19-12-5-1-11(2-6-12)16-24-13(9-28-16)7-3-10(15(23)27)4-8-14-25-17(29-26-14)18(20,21)22/h1-2,5-6,9-10H,3-4,7-8H2,(H2,23,27). The zero-order valence-electron chi connectivity index (χ0n) is 14.9. The molecule has 3 rings (SSSR count). The molecule has 0 aliphatic heterocycles. The van der Waals surface area contributed by atoms with Crippen LogP contribution in [0.5, 0.6) is 0 Å². The number of carbonyl (C=O) groups is 1. The average Bonchev–Trinajstić information content (AvgIpc) is 3.31. The van der Waals surface area contributed by atoms with Crippen molar-refractivity contribution in [2.24, 2.45) is 11.7 Å². The Balaban J connectivity index is 1.56. The van der Waals surface area contributed by atoms with E-state index < -0.39 is 23.9 Å². The summed E-state index contributed by atoms with van der Waals surface area (Å²) in [5.41, 5.74) is 6.55. The predicted molar refractivity (Wildman–Crippen MR) is 90.5 cm³/mol. The van der Waals surface area contributed by atoms with Crippen molar-refractivity contribution >= 4 is 5.91 Å². The van der Waals surface area contributed by atoms with Crippen molar-refractivity contribution in [3.63, 3.8) is 0 Å². The highest BCUT2D eigenvalue weighted by molar-refractivity contribution is 5.76. The van der Waals surface area contributed by atoms with E-state index in [-0.39, 0.29) is 24.5 Å². The van der Waals surface area contributed by atoms with Gasteiger partial charge in [-0.15, -0.1) is 0 Å². The molecule has 0 spiro atoms. The summed E-state index contributed by atoms with van der Waals surface area (Å²) in [7, 11) is 0. The van der Waals surface area contributed by atoms with E-state index in [9.17, 15) is 22.4 Å². The average molecular weight is 412 g/mol. The van der Waals surface area contributed by atoms with Gasteiger partial charge >= 0.3 is 12.1 Å². The summed E-state index contributed by atoms with van der Waals surface area (Å²) in [5, 5.41) is 3.26. The number of halogens is 4. The smallest absolute Gasteiger partial charge is 0.444 e. The number of aryl methyl sites for hydroxylation is 2. The number of primary amides is 1. The predicted octanol–water partition coefficient (Wildman–Crippen LogP) is 3.55. The lowest BCUT2D eigenvalue weighted by atomic mass is 9.96. The van der Waals surface area contributed by atoms with Crippen molar-refractivity contribution in [2.75, 3.05) is 0 Å².